The maximum absolute atomic E-state index is 11.9. The van der Waals surface area contributed by atoms with Crippen molar-refractivity contribution in [2.24, 2.45) is 0 Å². The van der Waals surface area contributed by atoms with Gasteiger partial charge in [0, 0.05) is 17.0 Å². The van der Waals surface area contributed by atoms with Gasteiger partial charge in [-0.3, -0.25) is 9.69 Å². The van der Waals surface area contributed by atoms with Crippen LogP contribution in [-0.4, -0.2) is 35.6 Å². The van der Waals surface area contributed by atoms with E-state index in [-0.39, 0.29) is 5.91 Å². The molecule has 108 valence electrons. The molecule has 0 saturated carbocycles. The van der Waals surface area contributed by atoms with Gasteiger partial charge in [-0.05, 0) is 38.8 Å². The van der Waals surface area contributed by atoms with E-state index in [1.165, 1.54) is 4.88 Å². The minimum atomic E-state index is -0.0844. The van der Waals surface area contributed by atoms with Gasteiger partial charge in [0.1, 0.15) is 5.76 Å². The third kappa shape index (κ3) is 4.18. The Balaban J connectivity index is 1.81. The Hall–Kier alpha value is -1.66. The van der Waals surface area contributed by atoms with Gasteiger partial charge in [0.2, 0.25) is 5.91 Å². The van der Waals surface area contributed by atoms with Crippen LogP contribution in [0.4, 0.5) is 5.82 Å². The average molecular weight is 293 g/mol. The van der Waals surface area contributed by atoms with Crippen LogP contribution in [0.25, 0.3) is 0 Å². The first-order valence-electron chi connectivity index (χ1n) is 6.50. The second-order valence-electron chi connectivity index (χ2n) is 4.92. The minimum Gasteiger partial charge on any atom is -0.360 e. The van der Waals surface area contributed by atoms with E-state index in [1.807, 2.05) is 18.0 Å². The van der Waals surface area contributed by atoms with E-state index in [4.69, 9.17) is 4.52 Å². The van der Waals surface area contributed by atoms with Crippen molar-refractivity contribution < 1.29 is 9.32 Å². The Morgan fingerprint density at radius 1 is 1.60 bits per heavy atom. The fraction of sp³-hybridized carbons (Fsp3) is 0.429. The molecule has 1 atom stereocenters. The molecule has 6 heteroatoms. The number of amides is 1. The Kier molecular flexibility index (Phi) is 4.92. The summed E-state index contributed by atoms with van der Waals surface area (Å²) in [6, 6.07) is 6.17. The molecule has 5 nitrogen and oxygen atoms in total. The Morgan fingerprint density at radius 2 is 2.40 bits per heavy atom. The molecule has 0 aliphatic heterocycles. The summed E-state index contributed by atoms with van der Waals surface area (Å²) in [4.78, 5) is 15.3. The number of anilines is 1. The highest BCUT2D eigenvalue weighted by atomic mass is 32.1. The third-order valence-corrected chi connectivity index (χ3v) is 4.02. The summed E-state index contributed by atoms with van der Waals surface area (Å²) in [5, 5.41) is 8.54. The van der Waals surface area contributed by atoms with Gasteiger partial charge in [0.05, 0.1) is 6.54 Å². The molecule has 0 aliphatic carbocycles. The van der Waals surface area contributed by atoms with Gasteiger partial charge in [0.15, 0.2) is 5.82 Å². The molecule has 0 bridgehead atoms. The molecule has 0 radical (unpaired) electrons. The first kappa shape index (κ1) is 14.7. The van der Waals surface area contributed by atoms with E-state index < -0.39 is 0 Å². The van der Waals surface area contributed by atoms with Gasteiger partial charge < -0.3 is 9.84 Å². The SMILES string of the molecule is Cc1cc(NC(=O)CN(C)C(C)Cc2cccs2)no1. The molecule has 0 saturated heterocycles. The lowest BCUT2D eigenvalue weighted by Crippen LogP contribution is -2.37. The first-order valence-corrected chi connectivity index (χ1v) is 7.38. The second kappa shape index (κ2) is 6.67. The van der Waals surface area contributed by atoms with Gasteiger partial charge >= 0.3 is 0 Å². The predicted molar refractivity (Wildman–Crippen MR) is 80.0 cm³/mol. The number of rotatable bonds is 6. The number of hydrogen-bond donors (Lipinski definition) is 1. The number of carbonyl (C=O) groups is 1. The number of aromatic nitrogens is 1. The molecule has 1 amide bonds. The van der Waals surface area contributed by atoms with Gasteiger partial charge in [-0.2, -0.15) is 0 Å². The zero-order valence-electron chi connectivity index (χ0n) is 11.9. The van der Waals surface area contributed by atoms with Gasteiger partial charge in [-0.25, -0.2) is 0 Å². The monoisotopic (exact) mass is 293 g/mol. The number of likely N-dealkylation sites (N-methyl/N-ethyl adjacent to an activating group) is 1. The van der Waals surface area contributed by atoms with Crippen molar-refractivity contribution in [3.05, 3.63) is 34.2 Å². The summed E-state index contributed by atoms with van der Waals surface area (Å²) in [5.41, 5.74) is 0. The predicted octanol–water partition coefficient (Wildman–Crippen LogP) is 2.55. The van der Waals surface area contributed by atoms with Crippen molar-refractivity contribution >= 4 is 23.1 Å². The van der Waals surface area contributed by atoms with Gasteiger partial charge in [-0.15, -0.1) is 11.3 Å². The van der Waals surface area contributed by atoms with Crippen molar-refractivity contribution in [2.45, 2.75) is 26.3 Å². The Morgan fingerprint density at radius 3 is 3.00 bits per heavy atom. The van der Waals surface area contributed by atoms with Crippen LogP contribution in [0, 0.1) is 6.92 Å². The molecule has 0 aromatic carbocycles. The zero-order valence-corrected chi connectivity index (χ0v) is 12.7. The standard InChI is InChI=1S/C14H19N3O2S/c1-10(7-12-5-4-6-20-12)17(3)9-14(18)15-13-8-11(2)19-16-13/h4-6,8,10H,7,9H2,1-3H3,(H,15,16,18). The lowest BCUT2D eigenvalue weighted by molar-refractivity contribution is -0.117. The summed E-state index contributed by atoms with van der Waals surface area (Å²) in [7, 11) is 1.95. The van der Waals surface area contributed by atoms with Crippen LogP contribution in [0.1, 0.15) is 17.6 Å². The fourth-order valence-electron chi connectivity index (χ4n) is 1.87. The summed E-state index contributed by atoms with van der Waals surface area (Å²) >= 11 is 1.74. The van der Waals surface area contributed by atoms with Crippen LogP contribution in [0.15, 0.2) is 28.1 Å². The molecule has 0 fully saturated rings. The summed E-state index contributed by atoms with van der Waals surface area (Å²) in [6.45, 7) is 4.24. The molecule has 2 aromatic heterocycles. The number of hydrogen-bond acceptors (Lipinski definition) is 5. The molecular formula is C14H19N3O2S. The first-order chi connectivity index (χ1) is 9.54. The number of aryl methyl sites for hydroxylation is 1. The minimum absolute atomic E-state index is 0.0844. The third-order valence-electron chi connectivity index (χ3n) is 3.12. The largest absolute Gasteiger partial charge is 0.360 e. The van der Waals surface area contributed by atoms with Gasteiger partial charge in [0.25, 0.3) is 0 Å². The fourth-order valence-corrected chi connectivity index (χ4v) is 2.69. The van der Waals surface area contributed by atoms with Crippen molar-refractivity contribution in [3.63, 3.8) is 0 Å². The molecule has 2 aromatic rings. The molecule has 0 aliphatic rings. The summed E-state index contributed by atoms with van der Waals surface area (Å²) in [6.07, 6.45) is 0.949. The number of carbonyl (C=O) groups excluding carboxylic acids is 1. The highest BCUT2D eigenvalue weighted by Gasteiger charge is 2.15. The van der Waals surface area contributed by atoms with Crippen molar-refractivity contribution in [1.82, 2.24) is 10.1 Å². The van der Waals surface area contributed by atoms with E-state index >= 15 is 0 Å². The number of nitrogens with one attached hydrogen (secondary N) is 1. The Bertz CT molecular complexity index is 551. The summed E-state index contributed by atoms with van der Waals surface area (Å²) < 4.78 is 4.91. The van der Waals surface area contributed by atoms with Gasteiger partial charge in [-0.1, -0.05) is 11.2 Å². The molecule has 1 N–H and O–H groups in total. The molecular weight excluding hydrogens is 274 g/mol. The number of thiophene rings is 1. The molecule has 1 unspecified atom stereocenters. The van der Waals surface area contributed by atoms with E-state index in [0.29, 0.717) is 24.2 Å². The second-order valence-corrected chi connectivity index (χ2v) is 5.95. The van der Waals surface area contributed by atoms with Crippen LogP contribution in [0.3, 0.4) is 0 Å². The van der Waals surface area contributed by atoms with Crippen molar-refractivity contribution in [2.75, 3.05) is 18.9 Å². The molecule has 20 heavy (non-hydrogen) atoms. The summed E-state index contributed by atoms with van der Waals surface area (Å²) in [5.74, 6) is 1.06. The maximum atomic E-state index is 11.9. The van der Waals surface area contributed by atoms with Crippen molar-refractivity contribution in [3.8, 4) is 0 Å². The van der Waals surface area contributed by atoms with Crippen LogP contribution in [-0.2, 0) is 11.2 Å². The topological polar surface area (TPSA) is 58.4 Å². The lowest BCUT2D eigenvalue weighted by Gasteiger charge is -2.23. The van der Waals surface area contributed by atoms with Crippen LogP contribution in [0.5, 0.6) is 0 Å². The zero-order chi connectivity index (χ0) is 14.5. The molecule has 2 heterocycles. The smallest absolute Gasteiger partial charge is 0.239 e. The van der Waals surface area contributed by atoms with Crippen LogP contribution >= 0.6 is 11.3 Å². The van der Waals surface area contributed by atoms with E-state index in [0.717, 1.165) is 6.42 Å². The van der Waals surface area contributed by atoms with Crippen LogP contribution in [0.2, 0.25) is 0 Å². The lowest BCUT2D eigenvalue weighted by atomic mass is 10.2. The highest BCUT2D eigenvalue weighted by molar-refractivity contribution is 7.09. The Labute approximate surface area is 122 Å². The molecule has 2 rings (SSSR count). The van der Waals surface area contributed by atoms with Crippen molar-refractivity contribution in [1.29, 1.82) is 0 Å². The average Bonchev–Trinajstić information content (AvgIpc) is 3.01. The number of nitrogens with zero attached hydrogens (tertiary/aromatic N) is 2. The van der Waals surface area contributed by atoms with Crippen LogP contribution < -0.4 is 5.32 Å². The maximum Gasteiger partial charge on any atom is 0.239 e. The van der Waals surface area contributed by atoms with E-state index in [2.05, 4.69) is 28.8 Å². The quantitative estimate of drug-likeness (QED) is 0.889. The normalized spacial score (nSPS) is 12.6. The van der Waals surface area contributed by atoms with E-state index in [9.17, 15) is 4.79 Å². The highest BCUT2D eigenvalue weighted by Crippen LogP contribution is 2.13. The van der Waals surface area contributed by atoms with E-state index in [1.54, 1.807) is 24.3 Å². The molecule has 0 spiro atoms.